The maximum atomic E-state index is 12.4. The number of carbonyl (C=O) groups excluding carboxylic acids is 1. The van der Waals surface area contributed by atoms with Gasteiger partial charge in [-0.15, -0.1) is 0 Å². The van der Waals surface area contributed by atoms with Gasteiger partial charge in [-0.1, -0.05) is 11.2 Å². The standard InChI is InChI=1S/C17H13N5O4/c23-17(11-3-1-5-14(7-11)22(24)25)21-9-13(10-21)16-19-15(20-26-16)12-4-2-6-18-8-12/h1-8,13H,9-10H2. The molecule has 1 aliphatic heterocycles. The first-order chi connectivity index (χ1) is 12.6. The zero-order chi connectivity index (χ0) is 18.1. The Morgan fingerprint density at radius 3 is 2.85 bits per heavy atom. The van der Waals surface area contributed by atoms with Gasteiger partial charge in [0.15, 0.2) is 0 Å². The van der Waals surface area contributed by atoms with Crippen LogP contribution in [0.3, 0.4) is 0 Å². The third-order valence-electron chi connectivity index (χ3n) is 4.18. The Bertz CT molecular complexity index is 966. The molecule has 4 rings (SSSR count). The van der Waals surface area contributed by atoms with Crippen molar-refractivity contribution in [1.82, 2.24) is 20.0 Å². The summed E-state index contributed by atoms with van der Waals surface area (Å²) >= 11 is 0. The second-order valence-electron chi connectivity index (χ2n) is 5.91. The number of carbonyl (C=O) groups is 1. The Morgan fingerprint density at radius 2 is 2.12 bits per heavy atom. The first-order valence-electron chi connectivity index (χ1n) is 7.89. The number of benzene rings is 1. The smallest absolute Gasteiger partial charge is 0.270 e. The van der Waals surface area contributed by atoms with Gasteiger partial charge in [-0.05, 0) is 18.2 Å². The van der Waals surface area contributed by atoms with E-state index in [2.05, 4.69) is 15.1 Å². The van der Waals surface area contributed by atoms with Crippen LogP contribution >= 0.6 is 0 Å². The molecule has 26 heavy (non-hydrogen) atoms. The second kappa shape index (κ2) is 6.36. The van der Waals surface area contributed by atoms with Crippen LogP contribution < -0.4 is 0 Å². The number of likely N-dealkylation sites (tertiary alicyclic amines) is 1. The fourth-order valence-electron chi connectivity index (χ4n) is 2.75. The average molecular weight is 351 g/mol. The Labute approximate surface area is 147 Å². The van der Waals surface area contributed by atoms with E-state index in [9.17, 15) is 14.9 Å². The first kappa shape index (κ1) is 15.9. The number of amides is 1. The SMILES string of the molecule is O=C(c1cccc([N+](=O)[O-])c1)N1CC(c2nc(-c3cccnc3)no2)C1. The lowest BCUT2D eigenvalue weighted by Gasteiger charge is -2.37. The fourth-order valence-corrected chi connectivity index (χ4v) is 2.75. The second-order valence-corrected chi connectivity index (χ2v) is 5.91. The zero-order valence-corrected chi connectivity index (χ0v) is 13.5. The molecule has 0 bridgehead atoms. The molecule has 1 aliphatic rings. The van der Waals surface area contributed by atoms with E-state index in [1.54, 1.807) is 29.4 Å². The third-order valence-corrected chi connectivity index (χ3v) is 4.18. The molecule has 0 atom stereocenters. The molecule has 0 aliphatic carbocycles. The summed E-state index contributed by atoms with van der Waals surface area (Å²) in [4.78, 5) is 32.7. The van der Waals surface area contributed by atoms with Crippen LogP contribution in [0.4, 0.5) is 5.69 Å². The summed E-state index contributed by atoms with van der Waals surface area (Å²) in [6.07, 6.45) is 3.31. The van der Waals surface area contributed by atoms with Crippen molar-refractivity contribution in [2.24, 2.45) is 0 Å². The molecule has 2 aromatic heterocycles. The summed E-state index contributed by atoms with van der Waals surface area (Å²) in [6, 6.07) is 9.32. The molecule has 1 amide bonds. The minimum absolute atomic E-state index is 0.0458. The predicted octanol–water partition coefficient (Wildman–Crippen LogP) is 2.28. The van der Waals surface area contributed by atoms with E-state index >= 15 is 0 Å². The van der Waals surface area contributed by atoms with E-state index in [0.29, 0.717) is 30.4 Å². The largest absolute Gasteiger partial charge is 0.339 e. The van der Waals surface area contributed by atoms with Gasteiger partial charge in [0.05, 0.1) is 10.8 Å². The van der Waals surface area contributed by atoms with Gasteiger partial charge in [-0.25, -0.2) is 0 Å². The average Bonchev–Trinajstić information content (AvgIpc) is 3.11. The van der Waals surface area contributed by atoms with Crippen LogP contribution in [-0.2, 0) is 0 Å². The fraction of sp³-hybridized carbons (Fsp3) is 0.176. The molecular formula is C17H13N5O4. The van der Waals surface area contributed by atoms with Crippen molar-refractivity contribution in [3.05, 3.63) is 70.4 Å². The van der Waals surface area contributed by atoms with Gasteiger partial charge in [0, 0.05) is 48.7 Å². The number of non-ortho nitro benzene ring substituents is 1. The lowest BCUT2D eigenvalue weighted by molar-refractivity contribution is -0.384. The highest BCUT2D eigenvalue weighted by Crippen LogP contribution is 2.29. The summed E-state index contributed by atoms with van der Waals surface area (Å²) in [6.45, 7) is 0.854. The van der Waals surface area contributed by atoms with E-state index in [4.69, 9.17) is 4.52 Å². The van der Waals surface area contributed by atoms with Gasteiger partial charge < -0.3 is 9.42 Å². The lowest BCUT2D eigenvalue weighted by Crippen LogP contribution is -2.48. The van der Waals surface area contributed by atoms with E-state index < -0.39 is 4.92 Å². The highest BCUT2D eigenvalue weighted by atomic mass is 16.6. The monoisotopic (exact) mass is 351 g/mol. The molecule has 0 unspecified atom stereocenters. The van der Waals surface area contributed by atoms with Gasteiger partial charge in [0.2, 0.25) is 11.7 Å². The summed E-state index contributed by atoms with van der Waals surface area (Å²) in [5.74, 6) is 0.621. The van der Waals surface area contributed by atoms with Crippen LogP contribution in [0.2, 0.25) is 0 Å². The number of nitrogens with zero attached hydrogens (tertiary/aromatic N) is 5. The number of aromatic nitrogens is 3. The van der Waals surface area contributed by atoms with E-state index in [1.807, 2.05) is 6.07 Å². The molecule has 1 aromatic carbocycles. The number of nitro benzene ring substituents is 1. The molecule has 0 N–H and O–H groups in total. The van der Waals surface area contributed by atoms with Gasteiger partial charge in [0.25, 0.3) is 11.6 Å². The van der Waals surface area contributed by atoms with Crippen LogP contribution in [-0.4, -0.2) is 43.9 Å². The third kappa shape index (κ3) is 2.90. The maximum Gasteiger partial charge on any atom is 0.270 e. The molecule has 0 saturated carbocycles. The molecule has 3 aromatic rings. The minimum Gasteiger partial charge on any atom is -0.339 e. The molecule has 0 spiro atoms. The molecule has 9 heteroatoms. The van der Waals surface area contributed by atoms with Crippen molar-refractivity contribution in [3.63, 3.8) is 0 Å². The number of hydrogen-bond acceptors (Lipinski definition) is 7. The van der Waals surface area contributed by atoms with Crippen LogP contribution in [0, 0.1) is 10.1 Å². The van der Waals surface area contributed by atoms with Gasteiger partial charge in [-0.3, -0.25) is 19.9 Å². The number of rotatable bonds is 4. The van der Waals surface area contributed by atoms with Crippen LogP contribution in [0.5, 0.6) is 0 Å². The Hall–Kier alpha value is -3.62. The Balaban J connectivity index is 1.43. The molecule has 1 fully saturated rings. The van der Waals surface area contributed by atoms with Crippen molar-refractivity contribution in [2.45, 2.75) is 5.92 Å². The number of hydrogen-bond donors (Lipinski definition) is 0. The molecule has 9 nitrogen and oxygen atoms in total. The van der Waals surface area contributed by atoms with Crippen LogP contribution in [0.1, 0.15) is 22.2 Å². The van der Waals surface area contributed by atoms with Crippen molar-refractivity contribution in [1.29, 1.82) is 0 Å². The molecule has 130 valence electrons. The predicted molar refractivity (Wildman–Crippen MR) is 89.3 cm³/mol. The van der Waals surface area contributed by atoms with E-state index in [-0.39, 0.29) is 17.5 Å². The molecule has 3 heterocycles. The summed E-state index contributed by atoms with van der Waals surface area (Å²) in [5.41, 5.74) is 0.941. The number of pyridine rings is 1. The van der Waals surface area contributed by atoms with Gasteiger partial charge in [0.1, 0.15) is 0 Å². The summed E-state index contributed by atoms with van der Waals surface area (Å²) in [5, 5.41) is 14.8. The highest BCUT2D eigenvalue weighted by Gasteiger charge is 2.36. The van der Waals surface area contributed by atoms with Crippen LogP contribution in [0.15, 0.2) is 53.3 Å². The topological polar surface area (TPSA) is 115 Å². The quantitative estimate of drug-likeness (QED) is 0.523. The minimum atomic E-state index is -0.520. The zero-order valence-electron chi connectivity index (χ0n) is 13.5. The van der Waals surface area contributed by atoms with Crippen LogP contribution in [0.25, 0.3) is 11.4 Å². The number of nitro groups is 1. The van der Waals surface area contributed by atoms with Gasteiger partial charge in [-0.2, -0.15) is 4.98 Å². The summed E-state index contributed by atoms with van der Waals surface area (Å²) in [7, 11) is 0. The van der Waals surface area contributed by atoms with Gasteiger partial charge >= 0.3 is 0 Å². The molecule has 1 saturated heterocycles. The highest BCUT2D eigenvalue weighted by molar-refractivity contribution is 5.95. The van der Waals surface area contributed by atoms with Crippen molar-refractivity contribution >= 4 is 11.6 Å². The Kier molecular flexibility index (Phi) is 3.88. The first-order valence-corrected chi connectivity index (χ1v) is 7.89. The lowest BCUT2D eigenvalue weighted by atomic mass is 9.98. The van der Waals surface area contributed by atoms with Crippen molar-refractivity contribution < 1.29 is 14.2 Å². The molecule has 0 radical (unpaired) electrons. The Morgan fingerprint density at radius 1 is 1.27 bits per heavy atom. The van der Waals surface area contributed by atoms with E-state index in [0.717, 1.165) is 5.56 Å². The van der Waals surface area contributed by atoms with E-state index in [1.165, 1.54) is 18.2 Å². The maximum absolute atomic E-state index is 12.4. The van der Waals surface area contributed by atoms with Crippen molar-refractivity contribution in [3.8, 4) is 11.4 Å². The normalized spacial score (nSPS) is 14.1. The van der Waals surface area contributed by atoms with Crippen molar-refractivity contribution in [2.75, 3.05) is 13.1 Å². The summed E-state index contributed by atoms with van der Waals surface area (Å²) < 4.78 is 5.29. The molecular weight excluding hydrogens is 338 g/mol.